The van der Waals surface area contributed by atoms with Crippen molar-refractivity contribution >= 4 is 23.9 Å². The molecule has 16 saturated carbocycles. The number of benzene rings is 8. The van der Waals surface area contributed by atoms with E-state index in [2.05, 4.69) is 55.4 Å². The van der Waals surface area contributed by atoms with Gasteiger partial charge >= 0.3 is 23.9 Å². The molecular formula is C112H128O20. The number of phenols is 4. The van der Waals surface area contributed by atoms with Gasteiger partial charge in [-0.05, 0) is 351 Å². The molecule has 17 aliphatic carbocycles. The summed E-state index contributed by atoms with van der Waals surface area (Å²) in [6, 6.07) is 40.5. The van der Waals surface area contributed by atoms with Gasteiger partial charge in [0.05, 0.1) is 72.1 Å². The molecule has 0 heterocycles. The Morgan fingerprint density at radius 3 is 0.758 bits per heavy atom. The topological polar surface area (TPSA) is 282 Å². The maximum atomic E-state index is 14.6. The number of aromatic hydroxyl groups is 4. The molecule has 25 rings (SSSR count). The Balaban J connectivity index is 0.702. The Labute approximate surface area is 774 Å². The zero-order valence-electron chi connectivity index (χ0n) is 77.9. The Morgan fingerprint density at radius 2 is 0.530 bits per heavy atom. The molecule has 20 heteroatoms. The normalized spacial score (nSPS) is 35.3. The summed E-state index contributed by atoms with van der Waals surface area (Å²) in [4.78, 5) is 58.3. The molecule has 0 amide bonds. The lowest BCUT2D eigenvalue weighted by Crippen LogP contribution is -2.61. The number of aliphatic hydroxyl groups is 2. The summed E-state index contributed by atoms with van der Waals surface area (Å²) >= 11 is 0. The highest BCUT2D eigenvalue weighted by molar-refractivity contribution is 5.91. The number of fused-ring (bicyclic) bond motifs is 8. The Hall–Kier alpha value is -9.80. The largest absolute Gasteiger partial charge is 0.508 e. The van der Waals surface area contributed by atoms with Crippen molar-refractivity contribution in [2.24, 2.45) is 92.7 Å². The first-order valence-corrected chi connectivity index (χ1v) is 48.6. The quantitative estimate of drug-likeness (QED) is 0.0186. The van der Waals surface area contributed by atoms with Crippen LogP contribution in [0.1, 0.15) is 327 Å². The number of carbonyl (C=O) groups excluding carboxylic acids is 4. The maximum Gasteiger partial charge on any atom is 0.340 e. The van der Waals surface area contributed by atoms with E-state index < -0.39 is 83.2 Å². The van der Waals surface area contributed by atoms with Crippen molar-refractivity contribution in [3.63, 3.8) is 0 Å². The molecule has 0 saturated heterocycles. The van der Waals surface area contributed by atoms with E-state index in [4.69, 9.17) is 47.4 Å². The number of esters is 4. The van der Waals surface area contributed by atoms with Crippen LogP contribution >= 0.6 is 0 Å². The van der Waals surface area contributed by atoms with Gasteiger partial charge in [-0.25, -0.2) is 19.2 Å². The third-order valence-corrected chi connectivity index (χ3v) is 36.5. The first kappa shape index (κ1) is 88.8. The first-order valence-electron chi connectivity index (χ1n) is 48.6. The van der Waals surface area contributed by atoms with Crippen molar-refractivity contribution in [2.45, 2.75) is 243 Å². The van der Waals surface area contributed by atoms with E-state index >= 15 is 0 Å². The Kier molecular flexibility index (Phi) is 22.2. The number of ether oxygens (including phenoxy) is 10. The summed E-state index contributed by atoms with van der Waals surface area (Å²) in [6.07, 6.45) is 21.6. The van der Waals surface area contributed by atoms with Gasteiger partial charge in [0.1, 0.15) is 34.5 Å². The fraction of sp³-hybridized carbons (Fsp3) is 0.536. The monoisotopic (exact) mass is 1790 g/mol. The molecule has 0 aromatic heterocycles. The zero-order valence-corrected chi connectivity index (χ0v) is 77.9. The van der Waals surface area contributed by atoms with E-state index in [1.165, 1.54) is 116 Å². The minimum atomic E-state index is -1.13. The summed E-state index contributed by atoms with van der Waals surface area (Å²) in [6.45, 7) is 16.4. The van der Waals surface area contributed by atoms with Crippen molar-refractivity contribution in [2.75, 3.05) is 41.4 Å². The predicted octanol–water partition coefficient (Wildman–Crippen LogP) is 21.5. The maximum absolute atomic E-state index is 14.6. The molecular weight excluding hydrogens is 1670 g/mol. The summed E-state index contributed by atoms with van der Waals surface area (Å²) < 4.78 is 64.2. The highest BCUT2D eigenvalue weighted by atomic mass is 16.7. The van der Waals surface area contributed by atoms with Crippen LogP contribution in [0.25, 0.3) is 0 Å². The average Bonchev–Trinajstić information content (AvgIpc) is 0.725. The highest BCUT2D eigenvalue weighted by Gasteiger charge is 2.65. The van der Waals surface area contributed by atoms with E-state index in [0.717, 1.165) is 51.4 Å². The van der Waals surface area contributed by atoms with Gasteiger partial charge in [-0.15, -0.1) is 0 Å². The molecule has 20 nitrogen and oxygen atoms in total. The molecule has 0 radical (unpaired) electrons. The fourth-order valence-electron chi connectivity index (χ4n) is 31.5. The summed E-state index contributed by atoms with van der Waals surface area (Å²) in [7, 11) is 2.95. The van der Waals surface area contributed by atoms with Crippen LogP contribution in [0.2, 0.25) is 0 Å². The van der Waals surface area contributed by atoms with Gasteiger partial charge in [-0.2, -0.15) is 0 Å². The van der Waals surface area contributed by atoms with Crippen molar-refractivity contribution < 1.29 is 97.2 Å². The predicted molar refractivity (Wildman–Crippen MR) is 493 cm³/mol. The number of hydrogen-bond acceptors (Lipinski definition) is 20. The molecule has 8 aromatic carbocycles. The van der Waals surface area contributed by atoms with Crippen LogP contribution in [0.4, 0.5) is 0 Å². The number of methoxy groups -OCH3 is 2. The van der Waals surface area contributed by atoms with Gasteiger partial charge in [0.15, 0.2) is 27.2 Å². The lowest BCUT2D eigenvalue weighted by atomic mass is 9.45. The molecule has 24 bridgehead atoms. The molecule has 8 aromatic rings. The highest BCUT2D eigenvalue weighted by Crippen LogP contribution is 2.70. The van der Waals surface area contributed by atoms with E-state index in [-0.39, 0.29) is 139 Å². The number of hydrogen-bond donors (Lipinski definition) is 6. The van der Waals surface area contributed by atoms with Crippen molar-refractivity contribution in [3.8, 4) is 34.5 Å². The third-order valence-electron chi connectivity index (χ3n) is 36.5. The van der Waals surface area contributed by atoms with E-state index in [9.17, 15) is 49.8 Å². The first-order chi connectivity index (χ1) is 63.2. The van der Waals surface area contributed by atoms with Gasteiger partial charge in [-0.3, -0.25) is 0 Å². The second-order valence-corrected chi connectivity index (χ2v) is 45.1. The molecule has 24 atom stereocenters. The molecule has 0 spiro atoms. The fourth-order valence-corrected chi connectivity index (χ4v) is 31.5. The lowest BCUT2D eigenvalue weighted by Gasteiger charge is -2.63. The number of aliphatic hydroxyl groups excluding tert-OH is 2. The lowest BCUT2D eigenvalue weighted by molar-refractivity contribution is -0.245. The molecule has 696 valence electrons. The summed E-state index contributed by atoms with van der Waals surface area (Å²) in [5.74, 6) is -1.99. The average molecular weight is 1790 g/mol. The van der Waals surface area contributed by atoms with Crippen LogP contribution in [-0.2, 0) is 51.1 Å². The number of carbonyl (C=O) groups is 4. The van der Waals surface area contributed by atoms with Gasteiger partial charge in [0, 0.05) is 69.2 Å². The van der Waals surface area contributed by atoms with Crippen LogP contribution in [-0.4, -0.2) is 118 Å². The van der Waals surface area contributed by atoms with Crippen LogP contribution in [0.15, 0.2) is 146 Å². The van der Waals surface area contributed by atoms with Crippen molar-refractivity contribution in [1.29, 1.82) is 0 Å². The molecule has 0 aliphatic heterocycles. The van der Waals surface area contributed by atoms with Crippen LogP contribution in [0, 0.1) is 92.7 Å². The zero-order chi connectivity index (χ0) is 91.8. The van der Waals surface area contributed by atoms with Crippen LogP contribution < -0.4 is 9.47 Å². The van der Waals surface area contributed by atoms with Gasteiger partial charge in [0.25, 0.3) is 0 Å². The van der Waals surface area contributed by atoms with E-state index in [1.54, 1.807) is 121 Å². The number of rotatable bonds is 24. The molecule has 16 fully saturated rings. The minimum Gasteiger partial charge on any atom is -0.508 e. The molecule has 17 aliphatic rings. The van der Waals surface area contributed by atoms with Gasteiger partial charge in [0.2, 0.25) is 0 Å². The van der Waals surface area contributed by atoms with Crippen molar-refractivity contribution in [1.82, 2.24) is 0 Å². The van der Waals surface area contributed by atoms with E-state index in [0.29, 0.717) is 116 Å². The Bertz CT molecular complexity index is 5140. The van der Waals surface area contributed by atoms with Crippen LogP contribution in [0.3, 0.4) is 0 Å². The van der Waals surface area contributed by atoms with E-state index in [1.807, 2.05) is 0 Å². The number of phenolic OH excluding ortho intramolecular Hbond substituents is 4. The summed E-state index contributed by atoms with van der Waals surface area (Å²) in [5, 5.41) is 77.2. The standard InChI is InChI=1S/C112H128O20/c1-61-77-27-65-39-105(5,47-77)53-109(61,43-65)129-57-125-101(119)73-19-11-69(12-20-73)97-84-34-86(92(116)32-82(84)52-114)99(71-15-23-75(24-16-71)103(121)127-59-131-111-45-67-29-79(63(111)3)49-107(7,41-67)55-111)90-36-88(94(118)38-96(90)124-10)100(72-17-25-76(26-18-72)104(122)128-60-132-112-46-68-30-80(64(112)4)50-108(8,42-68)56-112)89-35-87(93(117)37-95(89)123-9)98(83-33-85(97)91(115)31-81(83)51-113)70-13-21-74(22-14-70)102(120)126-58-130-110-44-66-28-78(62(110)2)48-106(6,40-66)54-110/h11-26,31-38,61-68,77-80,97-100,113-118H,27-30,39-60H2,1-10H3. The Morgan fingerprint density at radius 1 is 0.303 bits per heavy atom. The SMILES string of the molecule is COc1cc(O)c2cc1C(c1ccc(C(=O)OCOC34CC5CC(CC(C)(C5)C3)C4C)cc1)c1cc(c(OC)cc1O)C(c1ccc(C(=O)OCOC34CC5CC(CC(C)(C5)C3)C4C)cc1)c1cc(c(CO)cc1O)C(c1ccc(C(=O)OCOC34CC5CC(CC(C)(C5)C3)C4C)cc1)c1cc(c(CO)cc1O)C2c1ccc(C(=O)OCOC23CC4CC(CC(C)(C4)C2)C3C)cc1. The second-order valence-electron chi connectivity index (χ2n) is 45.1. The van der Waals surface area contributed by atoms with Gasteiger partial charge in [-0.1, -0.05) is 104 Å². The molecule has 24 unspecified atom stereocenters. The summed E-state index contributed by atoms with van der Waals surface area (Å²) in [5.41, 5.74) is 4.93. The van der Waals surface area contributed by atoms with Crippen molar-refractivity contribution in [3.05, 3.63) is 246 Å². The van der Waals surface area contributed by atoms with Gasteiger partial charge < -0.3 is 78.0 Å². The van der Waals surface area contributed by atoms with Crippen LogP contribution in [0.5, 0.6) is 34.5 Å². The third kappa shape index (κ3) is 15.3. The minimum absolute atomic E-state index is 0.164. The smallest absolute Gasteiger partial charge is 0.340 e. The molecule has 6 N–H and O–H groups in total. The second kappa shape index (κ2) is 33.0. The molecule has 132 heavy (non-hydrogen) atoms.